The molecule has 0 spiro atoms. The van der Waals surface area contributed by atoms with Gasteiger partial charge in [0.15, 0.2) is 11.6 Å². The van der Waals surface area contributed by atoms with Crippen molar-refractivity contribution in [1.29, 1.82) is 0 Å². The zero-order chi connectivity index (χ0) is 36.5. The molecule has 2 atom stereocenters. The molecule has 2 aromatic carbocycles. The monoisotopic (exact) mass is 693 g/mol. The third-order valence-electron chi connectivity index (χ3n) is 9.60. The summed E-state index contributed by atoms with van der Waals surface area (Å²) in [6, 6.07) is 14.8. The first-order valence-corrected chi connectivity index (χ1v) is 18.2. The number of ketones is 1. The van der Waals surface area contributed by atoms with Gasteiger partial charge in [0.2, 0.25) is 5.91 Å². The van der Waals surface area contributed by atoms with Gasteiger partial charge in [0.1, 0.15) is 11.8 Å². The molecule has 0 unspecified atom stereocenters. The smallest absolute Gasteiger partial charge is 0.326 e. The summed E-state index contributed by atoms with van der Waals surface area (Å²) >= 11 is 0. The van der Waals surface area contributed by atoms with Crippen LogP contribution in [-0.2, 0) is 21.5 Å². The fraction of sp³-hybridized carbons (Fsp3) is 0.463. The van der Waals surface area contributed by atoms with Crippen LogP contribution in [0.4, 0.5) is 0 Å². The van der Waals surface area contributed by atoms with Crippen molar-refractivity contribution >= 4 is 17.7 Å². The van der Waals surface area contributed by atoms with Crippen LogP contribution in [0.1, 0.15) is 101 Å². The number of Topliss-reactive ketones (excluding diaryl/α,β-unsaturated/α-hetero) is 1. The maximum absolute atomic E-state index is 13.9. The molecule has 0 radical (unpaired) electrons. The molecule has 1 N–H and O–H groups in total. The number of hydrogen-bond acceptors (Lipinski definition) is 7. The fourth-order valence-electron chi connectivity index (χ4n) is 6.80. The highest BCUT2D eigenvalue weighted by molar-refractivity contribution is 5.99. The van der Waals surface area contributed by atoms with Crippen LogP contribution in [-0.4, -0.2) is 66.6 Å². The SMILES string of the molecule is CCCCCCCOc1ccc(-c2cnc(-c3ccc(C[C@H](CC(=O)c4cnn(C(C)(C)C)c4C)C(=O)N4CCC[C@H]4C(=O)O)cc3)nc2)cc1. The summed E-state index contributed by atoms with van der Waals surface area (Å²) in [5.74, 6) is -0.800. The quantitative estimate of drug-likeness (QED) is 0.0926. The van der Waals surface area contributed by atoms with Crippen molar-refractivity contribution in [3.8, 4) is 28.3 Å². The number of ether oxygens (including phenoxy) is 1. The standard InChI is InChI=1S/C41H51N5O5/c1-6-7-8-9-10-22-51-34-19-17-30(18-20-34)33-25-42-38(43-26-33)31-15-13-29(14-16-31)23-32(39(48)45-21-11-12-36(45)40(49)50)24-37(47)35-27-44-46(28(35)2)41(3,4)5/h13-20,25-27,32,36H,6-12,21-24H2,1-5H3,(H,49,50)/t32-,36+/m1/s1. The van der Waals surface area contributed by atoms with E-state index in [2.05, 4.69) is 22.0 Å². The Bertz CT molecular complexity index is 1780. The molecule has 0 bridgehead atoms. The van der Waals surface area contributed by atoms with Crippen LogP contribution in [0.15, 0.2) is 67.1 Å². The Morgan fingerprint density at radius 3 is 2.20 bits per heavy atom. The first kappa shape index (κ1) is 37.4. The van der Waals surface area contributed by atoms with Crippen LogP contribution in [0.2, 0.25) is 0 Å². The normalized spacial score (nSPS) is 15.2. The summed E-state index contributed by atoms with van der Waals surface area (Å²) in [6.07, 6.45) is 12.5. The highest BCUT2D eigenvalue weighted by Gasteiger charge is 2.38. The number of aromatic nitrogens is 4. The van der Waals surface area contributed by atoms with Gasteiger partial charge in [-0.05, 0) is 76.6 Å². The highest BCUT2D eigenvalue weighted by Crippen LogP contribution is 2.28. The second-order valence-corrected chi connectivity index (χ2v) is 14.6. The van der Waals surface area contributed by atoms with E-state index in [0.29, 0.717) is 37.2 Å². The van der Waals surface area contributed by atoms with Crippen LogP contribution >= 0.6 is 0 Å². The number of carbonyl (C=O) groups is 3. The van der Waals surface area contributed by atoms with Gasteiger partial charge in [0, 0.05) is 48.1 Å². The molecule has 1 saturated heterocycles. The topological polar surface area (TPSA) is 128 Å². The first-order valence-electron chi connectivity index (χ1n) is 18.2. The first-order chi connectivity index (χ1) is 24.5. The summed E-state index contributed by atoms with van der Waals surface area (Å²) in [5.41, 5.74) is 4.50. The number of carboxylic acid groups (broad SMARTS) is 1. The van der Waals surface area contributed by atoms with Crippen LogP contribution in [0, 0.1) is 12.8 Å². The zero-order valence-electron chi connectivity index (χ0n) is 30.6. The van der Waals surface area contributed by atoms with E-state index >= 15 is 0 Å². The molecular formula is C41H51N5O5. The molecule has 0 saturated carbocycles. The van der Waals surface area contributed by atoms with Crippen molar-refractivity contribution in [3.63, 3.8) is 0 Å². The summed E-state index contributed by atoms with van der Waals surface area (Å²) in [7, 11) is 0. The Morgan fingerprint density at radius 1 is 0.902 bits per heavy atom. The molecule has 270 valence electrons. The van der Waals surface area contributed by atoms with Crippen molar-refractivity contribution in [2.45, 2.75) is 104 Å². The third kappa shape index (κ3) is 9.48. The highest BCUT2D eigenvalue weighted by atomic mass is 16.5. The molecule has 2 aromatic heterocycles. The van der Waals surface area contributed by atoms with Crippen LogP contribution in [0.3, 0.4) is 0 Å². The number of amides is 1. The summed E-state index contributed by atoms with van der Waals surface area (Å²) in [6.45, 7) is 11.2. The second-order valence-electron chi connectivity index (χ2n) is 14.6. The molecule has 51 heavy (non-hydrogen) atoms. The fourth-order valence-corrected chi connectivity index (χ4v) is 6.80. The van der Waals surface area contributed by atoms with E-state index < -0.39 is 17.9 Å². The number of benzene rings is 2. The molecule has 4 aromatic rings. The predicted molar refractivity (Wildman–Crippen MR) is 198 cm³/mol. The molecule has 5 rings (SSSR count). The zero-order valence-corrected chi connectivity index (χ0v) is 30.6. The summed E-state index contributed by atoms with van der Waals surface area (Å²) in [5, 5.41) is 14.2. The van der Waals surface area contributed by atoms with Crippen LogP contribution in [0.25, 0.3) is 22.5 Å². The molecule has 3 heterocycles. The van der Waals surface area contributed by atoms with Gasteiger partial charge in [-0.25, -0.2) is 14.8 Å². The number of likely N-dealkylation sites (tertiary alicyclic amines) is 1. The van der Waals surface area contributed by atoms with Crippen LogP contribution < -0.4 is 4.74 Å². The van der Waals surface area contributed by atoms with Crippen molar-refractivity contribution < 1.29 is 24.2 Å². The Balaban J connectivity index is 1.26. The van der Waals surface area contributed by atoms with Crippen LogP contribution in [0.5, 0.6) is 5.75 Å². The maximum Gasteiger partial charge on any atom is 0.326 e. The lowest BCUT2D eigenvalue weighted by molar-refractivity contribution is -0.149. The maximum atomic E-state index is 13.9. The Kier molecular flexibility index (Phi) is 12.4. The van der Waals surface area contributed by atoms with Crippen molar-refractivity contribution in [1.82, 2.24) is 24.6 Å². The molecule has 1 amide bonds. The number of unbranched alkanes of at least 4 members (excludes halogenated alkanes) is 4. The summed E-state index contributed by atoms with van der Waals surface area (Å²) in [4.78, 5) is 50.2. The minimum atomic E-state index is -1.02. The molecule has 1 aliphatic rings. The molecule has 1 fully saturated rings. The van der Waals surface area contributed by atoms with Gasteiger partial charge < -0.3 is 14.7 Å². The molecule has 10 heteroatoms. The van der Waals surface area contributed by atoms with Gasteiger partial charge in [0.25, 0.3) is 0 Å². The Hall–Kier alpha value is -4.86. The van der Waals surface area contributed by atoms with E-state index in [0.717, 1.165) is 46.7 Å². The van der Waals surface area contributed by atoms with E-state index in [-0.39, 0.29) is 23.7 Å². The lowest BCUT2D eigenvalue weighted by atomic mass is 9.90. The van der Waals surface area contributed by atoms with Gasteiger partial charge >= 0.3 is 5.97 Å². The lowest BCUT2D eigenvalue weighted by Gasteiger charge is -2.27. The van der Waals surface area contributed by atoms with Gasteiger partial charge in [-0.1, -0.05) is 69.0 Å². The molecular weight excluding hydrogens is 642 g/mol. The van der Waals surface area contributed by atoms with Crippen molar-refractivity contribution in [3.05, 3.63) is 83.9 Å². The van der Waals surface area contributed by atoms with Gasteiger partial charge in [-0.15, -0.1) is 0 Å². The van der Waals surface area contributed by atoms with E-state index in [1.807, 2.05) is 80.9 Å². The number of carbonyl (C=O) groups excluding carboxylic acids is 2. The summed E-state index contributed by atoms with van der Waals surface area (Å²) < 4.78 is 7.71. The average Bonchev–Trinajstić information content (AvgIpc) is 3.77. The van der Waals surface area contributed by atoms with Crippen molar-refractivity contribution in [2.75, 3.05) is 13.2 Å². The van der Waals surface area contributed by atoms with Crippen molar-refractivity contribution in [2.24, 2.45) is 5.92 Å². The number of nitrogens with zero attached hydrogens (tertiary/aromatic N) is 5. The van der Waals surface area contributed by atoms with E-state index in [4.69, 9.17) is 4.74 Å². The Labute approximate surface area is 301 Å². The van der Waals surface area contributed by atoms with Gasteiger partial charge in [-0.2, -0.15) is 5.10 Å². The van der Waals surface area contributed by atoms with E-state index in [9.17, 15) is 19.5 Å². The number of aliphatic carboxylic acids is 1. The molecule has 0 aliphatic carbocycles. The van der Waals surface area contributed by atoms with E-state index in [1.54, 1.807) is 18.6 Å². The number of carboxylic acids is 1. The number of rotatable bonds is 16. The third-order valence-corrected chi connectivity index (χ3v) is 9.60. The average molecular weight is 694 g/mol. The lowest BCUT2D eigenvalue weighted by Crippen LogP contribution is -2.44. The predicted octanol–water partition coefficient (Wildman–Crippen LogP) is 7.93. The molecule has 1 aliphatic heterocycles. The van der Waals surface area contributed by atoms with Gasteiger partial charge in [-0.3, -0.25) is 14.3 Å². The van der Waals surface area contributed by atoms with Gasteiger partial charge in [0.05, 0.1) is 23.9 Å². The number of hydrogen-bond donors (Lipinski definition) is 1. The molecule has 10 nitrogen and oxygen atoms in total. The minimum Gasteiger partial charge on any atom is -0.494 e. The second kappa shape index (κ2) is 16.9. The largest absolute Gasteiger partial charge is 0.494 e. The Morgan fingerprint density at radius 2 is 1.57 bits per heavy atom. The minimum absolute atomic E-state index is 0.0448. The van der Waals surface area contributed by atoms with E-state index in [1.165, 1.54) is 30.6 Å².